The first-order valence-electron chi connectivity index (χ1n) is 7.70. The van der Waals surface area contributed by atoms with Gasteiger partial charge in [0.05, 0.1) is 11.5 Å². The third-order valence-corrected chi connectivity index (χ3v) is 5.60. The molecule has 132 valence electrons. The highest BCUT2D eigenvalue weighted by Crippen LogP contribution is 2.12. The first-order valence-corrected chi connectivity index (χ1v) is 9.52. The van der Waals surface area contributed by atoms with Crippen molar-refractivity contribution in [3.63, 3.8) is 0 Å². The molecule has 3 N–H and O–H groups in total. The van der Waals surface area contributed by atoms with Crippen molar-refractivity contribution in [2.24, 2.45) is 5.84 Å². The number of hydrogen-bond acceptors (Lipinski definition) is 5. The molecule has 8 nitrogen and oxygen atoms in total. The van der Waals surface area contributed by atoms with E-state index in [9.17, 15) is 18.0 Å². The number of carbonyl (C=O) groups is 2. The highest BCUT2D eigenvalue weighted by Gasteiger charge is 2.27. The molecule has 9 heteroatoms. The topological polar surface area (TPSA) is 113 Å². The Kier molecular flexibility index (Phi) is 5.79. The van der Waals surface area contributed by atoms with E-state index in [1.807, 2.05) is 6.92 Å². The number of urea groups is 1. The minimum absolute atomic E-state index is 0.0131. The van der Waals surface area contributed by atoms with Crippen molar-refractivity contribution in [3.05, 3.63) is 35.4 Å². The zero-order valence-corrected chi connectivity index (χ0v) is 14.4. The first-order chi connectivity index (χ1) is 11.4. The van der Waals surface area contributed by atoms with Gasteiger partial charge in [-0.2, -0.15) is 0 Å². The van der Waals surface area contributed by atoms with Crippen molar-refractivity contribution < 1.29 is 18.0 Å². The van der Waals surface area contributed by atoms with Crippen LogP contribution in [0.25, 0.3) is 0 Å². The average Bonchev–Trinajstić information content (AvgIpc) is 2.59. The molecular weight excluding hydrogens is 332 g/mol. The average molecular weight is 354 g/mol. The van der Waals surface area contributed by atoms with Gasteiger partial charge in [0.15, 0.2) is 9.84 Å². The van der Waals surface area contributed by atoms with E-state index >= 15 is 0 Å². The van der Waals surface area contributed by atoms with E-state index in [0.29, 0.717) is 18.7 Å². The Morgan fingerprint density at radius 3 is 2.29 bits per heavy atom. The molecule has 0 atom stereocenters. The van der Waals surface area contributed by atoms with Crippen molar-refractivity contribution in [1.82, 2.24) is 15.2 Å². The summed E-state index contributed by atoms with van der Waals surface area (Å²) in [7, 11) is -3.02. The normalized spacial score (nSPS) is 16.5. The van der Waals surface area contributed by atoms with Gasteiger partial charge in [-0.1, -0.05) is 12.1 Å². The van der Waals surface area contributed by atoms with Gasteiger partial charge in [-0.3, -0.25) is 10.2 Å². The van der Waals surface area contributed by atoms with E-state index in [0.717, 1.165) is 5.56 Å². The van der Waals surface area contributed by atoms with Crippen LogP contribution in [-0.4, -0.2) is 61.3 Å². The second kappa shape index (κ2) is 7.63. The third-order valence-electron chi connectivity index (χ3n) is 3.99. The Labute approximate surface area is 141 Å². The largest absolute Gasteiger partial charge is 0.323 e. The number of nitrogen functional groups attached to an aromatic ring is 1. The van der Waals surface area contributed by atoms with E-state index in [-0.39, 0.29) is 36.5 Å². The molecule has 1 fully saturated rings. The van der Waals surface area contributed by atoms with Crippen LogP contribution in [0.3, 0.4) is 0 Å². The maximum atomic E-state index is 12.5. The molecule has 1 heterocycles. The highest BCUT2D eigenvalue weighted by atomic mass is 32.2. The summed E-state index contributed by atoms with van der Waals surface area (Å²) < 4.78 is 22.9. The van der Waals surface area contributed by atoms with E-state index in [2.05, 4.69) is 5.43 Å². The fourth-order valence-corrected chi connectivity index (χ4v) is 3.68. The molecule has 0 aliphatic carbocycles. The third kappa shape index (κ3) is 4.45. The maximum absolute atomic E-state index is 12.5. The predicted octanol–water partition coefficient (Wildman–Crippen LogP) is -0.0376. The van der Waals surface area contributed by atoms with Crippen LogP contribution < -0.4 is 11.3 Å². The van der Waals surface area contributed by atoms with Gasteiger partial charge in [0, 0.05) is 31.7 Å². The SMILES string of the molecule is CCN(Cc1ccc(C(=O)NN)cc1)C(=O)N1CCS(=O)(=O)CC1. The molecule has 0 saturated carbocycles. The number of nitrogens with two attached hydrogens (primary N) is 1. The maximum Gasteiger partial charge on any atom is 0.320 e. The second-order valence-electron chi connectivity index (χ2n) is 5.61. The summed E-state index contributed by atoms with van der Waals surface area (Å²) in [6.45, 7) is 3.23. The lowest BCUT2D eigenvalue weighted by Crippen LogP contribution is -2.49. The van der Waals surface area contributed by atoms with Crippen molar-refractivity contribution in [2.75, 3.05) is 31.1 Å². The minimum Gasteiger partial charge on any atom is -0.323 e. The minimum atomic E-state index is -3.02. The number of carbonyl (C=O) groups excluding carboxylic acids is 2. The molecule has 0 bridgehead atoms. The molecule has 1 aliphatic heterocycles. The van der Waals surface area contributed by atoms with E-state index in [1.54, 1.807) is 34.1 Å². The molecule has 2 rings (SSSR count). The van der Waals surface area contributed by atoms with Crippen LogP contribution in [0, 0.1) is 0 Å². The molecule has 0 unspecified atom stereocenters. The van der Waals surface area contributed by atoms with Crippen molar-refractivity contribution in [1.29, 1.82) is 0 Å². The summed E-state index contributed by atoms with van der Waals surface area (Å²) in [6.07, 6.45) is 0. The number of rotatable bonds is 4. The second-order valence-corrected chi connectivity index (χ2v) is 7.91. The summed E-state index contributed by atoms with van der Waals surface area (Å²) in [5.41, 5.74) is 3.38. The summed E-state index contributed by atoms with van der Waals surface area (Å²) in [4.78, 5) is 27.2. The smallest absolute Gasteiger partial charge is 0.320 e. The van der Waals surface area contributed by atoms with Crippen LogP contribution in [0.5, 0.6) is 0 Å². The first kappa shape index (κ1) is 18.2. The molecule has 1 aromatic carbocycles. The van der Waals surface area contributed by atoms with E-state index in [4.69, 9.17) is 5.84 Å². The zero-order chi connectivity index (χ0) is 17.7. The van der Waals surface area contributed by atoms with Crippen molar-refractivity contribution >= 4 is 21.8 Å². The molecular formula is C15H22N4O4S. The Morgan fingerprint density at radius 1 is 1.21 bits per heavy atom. The van der Waals surface area contributed by atoms with Gasteiger partial charge in [0.1, 0.15) is 0 Å². The predicted molar refractivity (Wildman–Crippen MR) is 89.8 cm³/mol. The van der Waals surface area contributed by atoms with Gasteiger partial charge in [-0.15, -0.1) is 0 Å². The molecule has 1 aliphatic rings. The Morgan fingerprint density at radius 2 is 1.79 bits per heavy atom. The molecule has 0 spiro atoms. The fraction of sp³-hybridized carbons (Fsp3) is 0.467. The fourth-order valence-electron chi connectivity index (χ4n) is 2.48. The van der Waals surface area contributed by atoms with E-state index in [1.165, 1.54) is 0 Å². The van der Waals surface area contributed by atoms with Crippen LogP contribution in [0.1, 0.15) is 22.8 Å². The quantitative estimate of drug-likeness (QED) is 0.448. The zero-order valence-electron chi connectivity index (χ0n) is 13.6. The lowest BCUT2D eigenvalue weighted by atomic mass is 10.1. The number of sulfone groups is 1. The Bertz CT molecular complexity index is 689. The molecule has 24 heavy (non-hydrogen) atoms. The van der Waals surface area contributed by atoms with E-state index < -0.39 is 9.84 Å². The van der Waals surface area contributed by atoms with Gasteiger partial charge in [-0.05, 0) is 24.6 Å². The molecule has 3 amide bonds. The van der Waals surface area contributed by atoms with Gasteiger partial charge in [0.2, 0.25) is 0 Å². The van der Waals surface area contributed by atoms with Crippen LogP contribution in [0.15, 0.2) is 24.3 Å². The van der Waals surface area contributed by atoms with Gasteiger partial charge >= 0.3 is 6.03 Å². The lowest BCUT2D eigenvalue weighted by molar-refractivity contribution is 0.0953. The molecule has 0 aromatic heterocycles. The summed E-state index contributed by atoms with van der Waals surface area (Å²) in [6, 6.07) is 6.64. The standard InChI is InChI=1S/C15H22N4O4S/c1-2-18(15(21)19-7-9-24(22,23)10-8-19)11-12-3-5-13(6-4-12)14(20)17-16/h3-6H,2,7-11,16H2,1H3,(H,17,20). The van der Waals surface area contributed by atoms with Crippen LogP contribution >= 0.6 is 0 Å². The number of nitrogens with zero attached hydrogens (tertiary/aromatic N) is 2. The molecule has 1 aromatic rings. The number of benzene rings is 1. The monoisotopic (exact) mass is 354 g/mol. The molecule has 1 saturated heterocycles. The number of amides is 3. The number of hydrogen-bond donors (Lipinski definition) is 2. The summed E-state index contributed by atoms with van der Waals surface area (Å²) in [5.74, 6) is 4.74. The van der Waals surface area contributed by atoms with Crippen molar-refractivity contribution in [3.8, 4) is 0 Å². The van der Waals surface area contributed by atoms with Gasteiger partial charge < -0.3 is 9.80 Å². The highest BCUT2D eigenvalue weighted by molar-refractivity contribution is 7.91. The van der Waals surface area contributed by atoms with Crippen LogP contribution in [0.4, 0.5) is 4.79 Å². The van der Waals surface area contributed by atoms with Gasteiger partial charge in [0.25, 0.3) is 5.91 Å². The Balaban J connectivity index is 2.01. The molecule has 0 radical (unpaired) electrons. The Hall–Kier alpha value is -2.13. The summed E-state index contributed by atoms with van der Waals surface area (Å²) >= 11 is 0. The number of hydrazine groups is 1. The van der Waals surface area contributed by atoms with Crippen molar-refractivity contribution in [2.45, 2.75) is 13.5 Å². The van der Waals surface area contributed by atoms with Gasteiger partial charge in [-0.25, -0.2) is 19.1 Å². The van der Waals surface area contributed by atoms with Crippen LogP contribution in [0.2, 0.25) is 0 Å². The summed E-state index contributed by atoms with van der Waals surface area (Å²) in [5, 5.41) is 0. The van der Waals surface area contributed by atoms with Crippen LogP contribution in [-0.2, 0) is 16.4 Å². The lowest BCUT2D eigenvalue weighted by Gasteiger charge is -2.32. The number of nitrogens with one attached hydrogen (secondary N) is 1.